The van der Waals surface area contributed by atoms with E-state index in [0.717, 1.165) is 67.8 Å². The van der Waals surface area contributed by atoms with Crippen molar-refractivity contribution in [1.82, 2.24) is 0 Å². The quantitative estimate of drug-likeness (QED) is 0.340. The second-order valence-electron chi connectivity index (χ2n) is 8.45. The van der Waals surface area contributed by atoms with Crippen LogP contribution in [0.2, 0.25) is 0 Å². The number of morpholine rings is 1. The molecule has 2 aromatic carbocycles. The van der Waals surface area contributed by atoms with Crippen molar-refractivity contribution in [3.63, 3.8) is 0 Å². The number of ether oxygens (including phenoxy) is 3. The van der Waals surface area contributed by atoms with Gasteiger partial charge in [-0.3, -0.25) is 9.59 Å². The summed E-state index contributed by atoms with van der Waals surface area (Å²) in [4.78, 5) is 27.1. The van der Waals surface area contributed by atoms with Crippen molar-refractivity contribution >= 4 is 29.6 Å². The van der Waals surface area contributed by atoms with E-state index in [1.807, 2.05) is 18.2 Å². The third kappa shape index (κ3) is 5.75. The van der Waals surface area contributed by atoms with Gasteiger partial charge in [0.1, 0.15) is 0 Å². The topological polar surface area (TPSA) is 65.1 Å². The zero-order chi connectivity index (χ0) is 23.9. The minimum Gasteiger partial charge on any atom is -0.493 e. The molecule has 1 saturated carbocycles. The summed E-state index contributed by atoms with van der Waals surface area (Å²) < 4.78 is 16.1. The Balaban J connectivity index is 1.50. The van der Waals surface area contributed by atoms with E-state index < -0.39 is 0 Å². The number of allylic oxidation sites excluding steroid dienone is 2. The summed E-state index contributed by atoms with van der Waals surface area (Å²) in [7, 11) is 1.53. The van der Waals surface area contributed by atoms with E-state index >= 15 is 0 Å². The number of esters is 1. The highest BCUT2D eigenvalue weighted by molar-refractivity contribution is 6.14. The smallest absolute Gasteiger partial charge is 0.311 e. The van der Waals surface area contributed by atoms with Crippen LogP contribution in [-0.4, -0.2) is 45.2 Å². The van der Waals surface area contributed by atoms with Gasteiger partial charge in [-0.05, 0) is 66.8 Å². The molecule has 0 spiro atoms. The number of benzene rings is 2. The van der Waals surface area contributed by atoms with E-state index in [1.54, 1.807) is 19.1 Å². The van der Waals surface area contributed by atoms with Crippen LogP contribution in [0.4, 0.5) is 5.69 Å². The molecular weight excluding hydrogens is 430 g/mol. The van der Waals surface area contributed by atoms with Crippen molar-refractivity contribution in [1.29, 1.82) is 0 Å². The lowest BCUT2D eigenvalue weighted by atomic mass is 9.87. The summed E-state index contributed by atoms with van der Waals surface area (Å²) in [6, 6.07) is 13.7. The van der Waals surface area contributed by atoms with Crippen LogP contribution in [0.5, 0.6) is 11.5 Å². The van der Waals surface area contributed by atoms with Crippen LogP contribution in [0, 0.1) is 0 Å². The van der Waals surface area contributed by atoms with Crippen LogP contribution in [-0.2, 0) is 14.3 Å². The van der Waals surface area contributed by atoms with Crippen LogP contribution in [0.15, 0.2) is 53.6 Å². The van der Waals surface area contributed by atoms with Gasteiger partial charge >= 0.3 is 5.97 Å². The first-order chi connectivity index (χ1) is 16.6. The maximum Gasteiger partial charge on any atom is 0.311 e. The molecule has 0 unspecified atom stereocenters. The molecule has 1 heterocycles. The number of carbonyl (C=O) groups excluding carboxylic acids is 2. The fourth-order valence-corrected chi connectivity index (χ4v) is 4.24. The molecule has 34 heavy (non-hydrogen) atoms. The Morgan fingerprint density at radius 1 is 0.971 bits per heavy atom. The molecule has 4 rings (SSSR count). The predicted molar refractivity (Wildman–Crippen MR) is 133 cm³/mol. The Labute approximate surface area is 200 Å². The first kappa shape index (κ1) is 23.8. The van der Waals surface area contributed by atoms with E-state index in [-0.39, 0.29) is 18.2 Å². The summed E-state index contributed by atoms with van der Waals surface area (Å²) >= 11 is 0. The zero-order valence-electron chi connectivity index (χ0n) is 19.8. The van der Waals surface area contributed by atoms with Crippen LogP contribution < -0.4 is 14.4 Å². The lowest BCUT2D eigenvalue weighted by molar-refractivity contribution is -0.134. The fourth-order valence-electron chi connectivity index (χ4n) is 4.24. The van der Waals surface area contributed by atoms with Gasteiger partial charge in [0.15, 0.2) is 17.3 Å². The lowest BCUT2D eigenvalue weighted by Gasteiger charge is -2.28. The normalized spacial score (nSPS) is 18.9. The molecule has 6 heteroatoms. The Hall–Kier alpha value is -3.38. The van der Waals surface area contributed by atoms with Crippen molar-refractivity contribution in [2.75, 3.05) is 38.3 Å². The van der Waals surface area contributed by atoms with E-state index in [2.05, 4.69) is 29.2 Å². The molecule has 0 aromatic heterocycles. The van der Waals surface area contributed by atoms with Crippen LogP contribution in [0.1, 0.15) is 43.7 Å². The minimum atomic E-state index is -0.320. The van der Waals surface area contributed by atoms with Gasteiger partial charge in [-0.25, -0.2) is 0 Å². The molecular formula is C28H31NO5. The van der Waals surface area contributed by atoms with E-state index in [1.165, 1.54) is 12.8 Å². The third-order valence-corrected chi connectivity index (χ3v) is 6.13. The maximum absolute atomic E-state index is 13.2. The maximum atomic E-state index is 13.2. The van der Waals surface area contributed by atoms with Crippen LogP contribution >= 0.6 is 0 Å². The highest BCUT2D eigenvalue weighted by atomic mass is 16.6. The summed E-state index contributed by atoms with van der Waals surface area (Å²) in [5, 5.41) is 0. The predicted octanol–water partition coefficient (Wildman–Crippen LogP) is 5.07. The van der Waals surface area contributed by atoms with Gasteiger partial charge in [-0.2, -0.15) is 0 Å². The highest BCUT2D eigenvalue weighted by Crippen LogP contribution is 2.32. The summed E-state index contributed by atoms with van der Waals surface area (Å²) in [6.45, 7) is 5.06. The molecule has 178 valence electrons. The Bertz CT molecular complexity index is 1090. The largest absolute Gasteiger partial charge is 0.493 e. The number of anilines is 1. The zero-order valence-corrected chi connectivity index (χ0v) is 19.8. The number of nitrogens with zero attached hydrogens (tertiary/aromatic N) is 1. The standard InChI is InChI=1S/C28H31NO5/c1-3-27(30)34-25-12-9-21(19-26(25)32-2)18-23-6-4-5-22(28(23)31)17-20-7-10-24(11-8-20)29-13-15-33-16-14-29/h7-12,17-19H,3-6,13-16H2,1-2H3/b22-17+,23-18+. The Morgan fingerprint density at radius 2 is 1.62 bits per heavy atom. The van der Waals surface area contributed by atoms with Crippen molar-refractivity contribution in [3.8, 4) is 11.5 Å². The molecule has 1 aliphatic heterocycles. The summed E-state index contributed by atoms with van der Waals surface area (Å²) in [5.74, 6) is 0.617. The molecule has 0 radical (unpaired) electrons. The number of methoxy groups -OCH3 is 1. The van der Waals surface area contributed by atoms with E-state index in [9.17, 15) is 9.59 Å². The van der Waals surface area contributed by atoms with Crippen LogP contribution in [0.3, 0.4) is 0 Å². The van der Waals surface area contributed by atoms with E-state index in [0.29, 0.717) is 11.5 Å². The van der Waals surface area contributed by atoms with Gasteiger partial charge in [0.2, 0.25) is 0 Å². The first-order valence-electron chi connectivity index (χ1n) is 11.8. The van der Waals surface area contributed by atoms with Crippen molar-refractivity contribution < 1.29 is 23.8 Å². The summed E-state index contributed by atoms with van der Waals surface area (Å²) in [5.41, 5.74) is 4.67. The molecule has 1 aliphatic carbocycles. The fraction of sp³-hybridized carbons (Fsp3) is 0.357. The van der Waals surface area contributed by atoms with Gasteiger partial charge in [0, 0.05) is 36.3 Å². The number of rotatable bonds is 6. The van der Waals surface area contributed by atoms with Crippen molar-refractivity contribution in [2.24, 2.45) is 0 Å². The van der Waals surface area contributed by atoms with Gasteiger partial charge in [-0.15, -0.1) is 0 Å². The van der Waals surface area contributed by atoms with Gasteiger partial charge in [0.25, 0.3) is 0 Å². The third-order valence-electron chi connectivity index (χ3n) is 6.13. The monoisotopic (exact) mass is 461 g/mol. The molecule has 0 bridgehead atoms. The number of hydrogen-bond donors (Lipinski definition) is 0. The van der Waals surface area contributed by atoms with Crippen molar-refractivity contribution in [2.45, 2.75) is 32.6 Å². The molecule has 2 aliphatic rings. The Morgan fingerprint density at radius 3 is 2.26 bits per heavy atom. The van der Waals surface area contributed by atoms with E-state index in [4.69, 9.17) is 14.2 Å². The SMILES string of the molecule is CCC(=O)Oc1ccc(/C=C2\CCC/C(=C\c3ccc(N4CCOCC4)cc3)C2=O)cc1OC. The first-order valence-corrected chi connectivity index (χ1v) is 11.8. The second kappa shape index (κ2) is 11.2. The number of hydrogen-bond acceptors (Lipinski definition) is 6. The molecule has 0 N–H and O–H groups in total. The highest BCUT2D eigenvalue weighted by Gasteiger charge is 2.21. The average molecular weight is 462 g/mol. The summed E-state index contributed by atoms with van der Waals surface area (Å²) in [6.07, 6.45) is 6.64. The minimum absolute atomic E-state index is 0.0870. The van der Waals surface area contributed by atoms with Gasteiger partial charge < -0.3 is 19.1 Å². The molecule has 1 saturated heterocycles. The molecule has 0 amide bonds. The molecule has 2 fully saturated rings. The van der Waals surface area contributed by atoms with Gasteiger partial charge in [0.05, 0.1) is 20.3 Å². The van der Waals surface area contributed by atoms with Crippen molar-refractivity contribution in [3.05, 3.63) is 64.7 Å². The molecule has 0 atom stereocenters. The average Bonchev–Trinajstić information content (AvgIpc) is 2.88. The number of ketones is 1. The second-order valence-corrected chi connectivity index (χ2v) is 8.45. The molecule has 2 aromatic rings. The number of carbonyl (C=O) groups is 2. The number of Topliss-reactive ketones (excluding diaryl/α,β-unsaturated/α-hetero) is 1. The lowest BCUT2D eigenvalue weighted by Crippen LogP contribution is -2.36. The Kier molecular flexibility index (Phi) is 7.80. The van der Waals surface area contributed by atoms with Crippen LogP contribution in [0.25, 0.3) is 12.2 Å². The molecule has 6 nitrogen and oxygen atoms in total. The van der Waals surface area contributed by atoms with Gasteiger partial charge in [-0.1, -0.05) is 25.1 Å².